The average Bonchev–Trinajstić information content (AvgIpc) is 3.12. The van der Waals surface area contributed by atoms with E-state index in [0.29, 0.717) is 45.4 Å². The van der Waals surface area contributed by atoms with E-state index in [-0.39, 0.29) is 23.6 Å². The Morgan fingerprint density at radius 2 is 1.96 bits per heavy atom. The lowest BCUT2D eigenvalue weighted by Gasteiger charge is -2.31. The molecule has 1 aromatic carbocycles. The number of benzene rings is 1. The second-order valence-corrected chi connectivity index (χ2v) is 6.61. The molecule has 0 N–H and O–H groups in total. The molecule has 1 atom stereocenters. The molecular formula is C19H23FN2O4. The molecule has 1 aromatic rings. The largest absolute Gasteiger partial charge is 0.466 e. The number of hydrogen-bond donors (Lipinski definition) is 0. The summed E-state index contributed by atoms with van der Waals surface area (Å²) in [5.74, 6) is -0.682. The fraction of sp³-hybridized carbons (Fsp3) is 0.526. The first kappa shape index (κ1) is 18.4. The lowest BCUT2D eigenvalue weighted by molar-refractivity contribution is -0.153. The topological polar surface area (TPSA) is 68.2 Å². The molecule has 0 spiro atoms. The minimum Gasteiger partial charge on any atom is -0.466 e. The van der Waals surface area contributed by atoms with Gasteiger partial charge in [-0.25, -0.2) is 4.39 Å². The fourth-order valence-electron chi connectivity index (χ4n) is 3.30. The SMILES string of the molecule is CCOC(=O)C1CCN(C(=O)C2CC(Cc3ccc(F)cc3)=NO2)CC1. The molecule has 26 heavy (non-hydrogen) atoms. The van der Waals surface area contributed by atoms with Crippen LogP contribution in [-0.4, -0.2) is 48.3 Å². The quantitative estimate of drug-likeness (QED) is 0.754. The van der Waals surface area contributed by atoms with Crippen LogP contribution in [0.1, 0.15) is 31.7 Å². The highest BCUT2D eigenvalue weighted by Gasteiger charge is 2.35. The summed E-state index contributed by atoms with van der Waals surface area (Å²) in [4.78, 5) is 31.4. The summed E-state index contributed by atoms with van der Waals surface area (Å²) < 4.78 is 18.0. The molecule has 1 unspecified atom stereocenters. The molecule has 0 aliphatic carbocycles. The van der Waals surface area contributed by atoms with Crippen LogP contribution in [-0.2, 0) is 25.6 Å². The summed E-state index contributed by atoms with van der Waals surface area (Å²) in [5, 5.41) is 4.02. The minimum atomic E-state index is -0.607. The number of rotatable bonds is 5. The Morgan fingerprint density at radius 3 is 2.62 bits per heavy atom. The zero-order valence-electron chi connectivity index (χ0n) is 14.8. The van der Waals surface area contributed by atoms with Crippen molar-refractivity contribution in [3.63, 3.8) is 0 Å². The highest BCUT2D eigenvalue weighted by atomic mass is 19.1. The Hall–Kier alpha value is -2.44. The smallest absolute Gasteiger partial charge is 0.309 e. The molecule has 0 aromatic heterocycles. The van der Waals surface area contributed by atoms with Crippen LogP contribution in [0.3, 0.4) is 0 Å². The number of carbonyl (C=O) groups excluding carboxylic acids is 2. The van der Waals surface area contributed by atoms with Crippen molar-refractivity contribution in [2.75, 3.05) is 19.7 Å². The number of oxime groups is 1. The van der Waals surface area contributed by atoms with Crippen molar-refractivity contribution in [3.05, 3.63) is 35.6 Å². The average molecular weight is 362 g/mol. The molecule has 1 amide bonds. The van der Waals surface area contributed by atoms with Crippen LogP contribution in [0.25, 0.3) is 0 Å². The summed E-state index contributed by atoms with van der Waals surface area (Å²) in [5.41, 5.74) is 1.70. The highest BCUT2D eigenvalue weighted by molar-refractivity contribution is 5.94. The van der Waals surface area contributed by atoms with E-state index < -0.39 is 6.10 Å². The van der Waals surface area contributed by atoms with Gasteiger partial charge >= 0.3 is 5.97 Å². The van der Waals surface area contributed by atoms with Gasteiger partial charge in [0.2, 0.25) is 6.10 Å². The van der Waals surface area contributed by atoms with E-state index in [1.807, 2.05) is 0 Å². The zero-order chi connectivity index (χ0) is 18.5. The number of nitrogens with zero attached hydrogens (tertiary/aromatic N) is 2. The number of hydrogen-bond acceptors (Lipinski definition) is 5. The van der Waals surface area contributed by atoms with Gasteiger partial charge in [0, 0.05) is 25.9 Å². The zero-order valence-corrected chi connectivity index (χ0v) is 14.8. The first-order valence-corrected chi connectivity index (χ1v) is 8.98. The number of amides is 1. The van der Waals surface area contributed by atoms with Crippen molar-refractivity contribution in [1.29, 1.82) is 0 Å². The van der Waals surface area contributed by atoms with Crippen molar-refractivity contribution in [1.82, 2.24) is 4.90 Å². The first-order chi connectivity index (χ1) is 12.6. The molecule has 3 rings (SSSR count). The van der Waals surface area contributed by atoms with Gasteiger partial charge in [0.05, 0.1) is 18.2 Å². The summed E-state index contributed by atoms with van der Waals surface area (Å²) in [6.45, 7) is 3.21. The fourth-order valence-corrected chi connectivity index (χ4v) is 3.30. The number of carbonyl (C=O) groups is 2. The van der Waals surface area contributed by atoms with Crippen LogP contribution in [0, 0.1) is 11.7 Å². The second-order valence-electron chi connectivity index (χ2n) is 6.61. The van der Waals surface area contributed by atoms with Crippen molar-refractivity contribution in [2.45, 2.75) is 38.7 Å². The molecule has 7 heteroatoms. The third kappa shape index (κ3) is 4.39. The Morgan fingerprint density at radius 1 is 1.27 bits per heavy atom. The van der Waals surface area contributed by atoms with Gasteiger partial charge in [0.1, 0.15) is 5.82 Å². The normalized spacial score (nSPS) is 20.5. The maximum atomic E-state index is 13.0. The van der Waals surface area contributed by atoms with E-state index in [9.17, 15) is 14.0 Å². The van der Waals surface area contributed by atoms with Crippen molar-refractivity contribution < 1.29 is 23.6 Å². The Bertz CT molecular complexity index is 681. The third-order valence-electron chi connectivity index (χ3n) is 4.75. The van der Waals surface area contributed by atoms with Crippen LogP contribution in [0.4, 0.5) is 4.39 Å². The van der Waals surface area contributed by atoms with Gasteiger partial charge < -0.3 is 14.5 Å². The van der Waals surface area contributed by atoms with Crippen molar-refractivity contribution in [3.8, 4) is 0 Å². The van der Waals surface area contributed by atoms with Gasteiger partial charge in [0.15, 0.2) is 0 Å². The van der Waals surface area contributed by atoms with Crippen LogP contribution in [0.15, 0.2) is 29.4 Å². The standard InChI is InChI=1S/C19H23FN2O4/c1-2-25-19(24)14-7-9-22(10-8-14)18(23)17-12-16(21-26-17)11-13-3-5-15(20)6-4-13/h3-6,14,17H,2,7-12H2,1H3. The Balaban J connectivity index is 1.47. The maximum absolute atomic E-state index is 13.0. The summed E-state index contributed by atoms with van der Waals surface area (Å²) in [7, 11) is 0. The molecule has 2 heterocycles. The van der Waals surface area contributed by atoms with E-state index in [2.05, 4.69) is 5.16 Å². The van der Waals surface area contributed by atoms with Crippen molar-refractivity contribution >= 4 is 17.6 Å². The number of piperidine rings is 1. The summed E-state index contributed by atoms with van der Waals surface area (Å²) >= 11 is 0. The molecule has 6 nitrogen and oxygen atoms in total. The predicted octanol–water partition coefficient (Wildman–Crippen LogP) is 2.31. The van der Waals surface area contributed by atoms with Crippen molar-refractivity contribution in [2.24, 2.45) is 11.1 Å². The van der Waals surface area contributed by atoms with Gasteiger partial charge in [-0.05, 0) is 37.5 Å². The van der Waals surface area contributed by atoms with E-state index in [4.69, 9.17) is 9.57 Å². The van der Waals surface area contributed by atoms with Crippen LogP contribution in [0.2, 0.25) is 0 Å². The lowest BCUT2D eigenvalue weighted by Crippen LogP contribution is -2.45. The van der Waals surface area contributed by atoms with Crippen LogP contribution < -0.4 is 0 Å². The first-order valence-electron chi connectivity index (χ1n) is 8.98. The molecule has 1 fully saturated rings. The van der Waals surface area contributed by atoms with Gasteiger partial charge in [0.25, 0.3) is 5.91 Å². The van der Waals surface area contributed by atoms with Gasteiger partial charge in [-0.3, -0.25) is 9.59 Å². The van der Waals surface area contributed by atoms with Gasteiger partial charge in [-0.2, -0.15) is 0 Å². The predicted molar refractivity (Wildman–Crippen MR) is 93.0 cm³/mol. The molecule has 2 aliphatic rings. The minimum absolute atomic E-state index is 0.0924. The number of halogens is 1. The number of esters is 1. The van der Waals surface area contributed by atoms with E-state index in [1.54, 1.807) is 24.0 Å². The third-order valence-corrected chi connectivity index (χ3v) is 4.75. The highest BCUT2D eigenvalue weighted by Crippen LogP contribution is 2.22. The Labute approximate surface area is 151 Å². The molecule has 0 bridgehead atoms. The van der Waals surface area contributed by atoms with E-state index >= 15 is 0 Å². The summed E-state index contributed by atoms with van der Waals surface area (Å²) in [6.07, 6.45) is 1.59. The Kier molecular flexibility index (Phi) is 5.85. The molecule has 1 saturated heterocycles. The molecular weight excluding hydrogens is 339 g/mol. The van der Waals surface area contributed by atoms with Gasteiger partial charge in [-0.1, -0.05) is 17.3 Å². The molecule has 140 valence electrons. The molecule has 0 saturated carbocycles. The number of ether oxygens (including phenoxy) is 1. The van der Waals surface area contributed by atoms with Crippen LogP contribution >= 0.6 is 0 Å². The second kappa shape index (κ2) is 8.29. The molecule has 0 radical (unpaired) electrons. The lowest BCUT2D eigenvalue weighted by atomic mass is 9.96. The van der Waals surface area contributed by atoms with Gasteiger partial charge in [-0.15, -0.1) is 0 Å². The van der Waals surface area contributed by atoms with E-state index in [1.165, 1.54) is 12.1 Å². The number of likely N-dealkylation sites (tertiary alicyclic amines) is 1. The van der Waals surface area contributed by atoms with E-state index in [0.717, 1.165) is 11.3 Å². The summed E-state index contributed by atoms with van der Waals surface area (Å²) in [6, 6.07) is 6.21. The monoisotopic (exact) mass is 362 g/mol. The maximum Gasteiger partial charge on any atom is 0.309 e. The molecule has 2 aliphatic heterocycles. The van der Waals surface area contributed by atoms with Crippen LogP contribution in [0.5, 0.6) is 0 Å².